The fourth-order valence-corrected chi connectivity index (χ4v) is 9.86. The van der Waals surface area contributed by atoms with Crippen LogP contribution >= 0.6 is 0 Å². The van der Waals surface area contributed by atoms with E-state index in [4.69, 9.17) is 4.74 Å². The normalized spacial score (nSPS) is 41.7. The van der Waals surface area contributed by atoms with Gasteiger partial charge >= 0.3 is 5.97 Å². The van der Waals surface area contributed by atoms with Crippen LogP contribution in [0.15, 0.2) is 22.8 Å². The first-order chi connectivity index (χ1) is 15.8. The first kappa shape index (κ1) is 26.0. The minimum absolute atomic E-state index is 0.0382. The van der Waals surface area contributed by atoms with E-state index in [0.717, 1.165) is 18.3 Å². The van der Waals surface area contributed by atoms with E-state index in [-0.39, 0.29) is 22.9 Å². The average molecular weight is 469 g/mol. The molecule has 34 heavy (non-hydrogen) atoms. The van der Waals surface area contributed by atoms with Gasteiger partial charge in [-0.1, -0.05) is 64.3 Å². The van der Waals surface area contributed by atoms with Gasteiger partial charge in [0.25, 0.3) is 0 Å². The van der Waals surface area contributed by atoms with Crippen molar-refractivity contribution in [1.82, 2.24) is 0 Å². The van der Waals surface area contributed by atoms with Crippen LogP contribution in [-0.2, 0) is 9.53 Å². The van der Waals surface area contributed by atoms with Crippen LogP contribution in [0.25, 0.3) is 0 Å². The van der Waals surface area contributed by atoms with Crippen LogP contribution in [0.3, 0.4) is 0 Å². The molecule has 0 aromatic rings. The molecule has 0 saturated heterocycles. The molecule has 0 aliphatic heterocycles. The highest BCUT2D eigenvalue weighted by molar-refractivity contribution is 5.66. The van der Waals surface area contributed by atoms with Crippen LogP contribution in [0, 0.1) is 39.4 Å². The molecule has 4 rings (SSSR count). The molecule has 0 radical (unpaired) electrons. The fraction of sp³-hybridized carbons (Fsp3) is 0.844. The first-order valence-electron chi connectivity index (χ1n) is 14.3. The topological polar surface area (TPSA) is 26.3 Å². The van der Waals surface area contributed by atoms with Crippen LogP contribution in [0.4, 0.5) is 0 Å². The molecule has 0 spiro atoms. The van der Waals surface area contributed by atoms with Gasteiger partial charge < -0.3 is 4.74 Å². The molecular formula is C32H52O2. The lowest BCUT2D eigenvalue weighted by atomic mass is 9.43. The molecule has 2 heteroatoms. The Bertz CT molecular complexity index is 873. The van der Waals surface area contributed by atoms with Crippen molar-refractivity contribution in [2.75, 3.05) is 0 Å². The minimum atomic E-state index is -0.117. The molecule has 7 atom stereocenters. The van der Waals surface area contributed by atoms with Crippen LogP contribution in [0.5, 0.6) is 0 Å². The summed E-state index contributed by atoms with van der Waals surface area (Å²) in [6.07, 6.45) is 15.2. The lowest BCUT2D eigenvalue weighted by Gasteiger charge is -2.62. The molecule has 4 aliphatic rings. The van der Waals surface area contributed by atoms with Crippen molar-refractivity contribution in [3.63, 3.8) is 0 Å². The van der Waals surface area contributed by atoms with E-state index in [1.807, 2.05) is 11.1 Å². The first-order valence-corrected chi connectivity index (χ1v) is 14.3. The second-order valence-electron chi connectivity index (χ2n) is 14.2. The second-order valence-corrected chi connectivity index (χ2v) is 14.2. The van der Waals surface area contributed by atoms with E-state index in [2.05, 4.69) is 61.5 Å². The van der Waals surface area contributed by atoms with Gasteiger partial charge in [0.2, 0.25) is 0 Å². The number of rotatable bonds is 5. The van der Waals surface area contributed by atoms with Gasteiger partial charge in [0.15, 0.2) is 0 Å². The molecule has 4 aliphatic carbocycles. The van der Waals surface area contributed by atoms with Gasteiger partial charge in [0.1, 0.15) is 6.10 Å². The maximum atomic E-state index is 11.8. The quantitative estimate of drug-likeness (QED) is 0.297. The summed E-state index contributed by atoms with van der Waals surface area (Å²) >= 11 is 0. The summed E-state index contributed by atoms with van der Waals surface area (Å²) in [6.45, 7) is 21.2. The van der Waals surface area contributed by atoms with E-state index >= 15 is 0 Å². The Kier molecular flexibility index (Phi) is 6.74. The minimum Gasteiger partial charge on any atom is -0.462 e. The van der Waals surface area contributed by atoms with Crippen LogP contribution in [0.2, 0.25) is 0 Å². The Morgan fingerprint density at radius 1 is 0.971 bits per heavy atom. The zero-order chi connectivity index (χ0) is 25.1. The van der Waals surface area contributed by atoms with Gasteiger partial charge in [0.05, 0.1) is 0 Å². The van der Waals surface area contributed by atoms with Crippen LogP contribution in [-0.4, -0.2) is 12.1 Å². The Morgan fingerprint density at radius 3 is 2.32 bits per heavy atom. The van der Waals surface area contributed by atoms with Crippen molar-refractivity contribution in [3.8, 4) is 0 Å². The molecule has 0 heterocycles. The van der Waals surface area contributed by atoms with Gasteiger partial charge in [-0.05, 0) is 112 Å². The number of hydrogen-bond acceptors (Lipinski definition) is 2. The molecule has 2 saturated carbocycles. The number of fused-ring (bicyclic) bond motifs is 4. The summed E-state index contributed by atoms with van der Waals surface area (Å²) in [4.78, 5) is 11.8. The van der Waals surface area contributed by atoms with E-state index < -0.39 is 0 Å². The Labute approximate surface area is 210 Å². The zero-order valence-corrected chi connectivity index (χ0v) is 23.8. The maximum Gasteiger partial charge on any atom is 0.302 e. The summed E-state index contributed by atoms with van der Waals surface area (Å²) in [6, 6.07) is 0. The van der Waals surface area contributed by atoms with Crippen molar-refractivity contribution >= 4 is 5.97 Å². The number of esters is 1. The molecule has 0 aromatic carbocycles. The predicted molar refractivity (Wildman–Crippen MR) is 142 cm³/mol. The SMILES string of the molecule is CC(=O)O[C@H]1CC[C@]2(C)C3=C(CC[C@H]2C1(C)C)[C@@]1(C)CC[C@H]([C@H](C)CCC=C(C)C)[C@]1(C)CC3. The molecule has 2 nitrogen and oxygen atoms in total. The van der Waals surface area contributed by atoms with E-state index in [0.29, 0.717) is 16.7 Å². The molecule has 2 fully saturated rings. The number of allylic oxidation sites excluding steroid dienone is 4. The largest absolute Gasteiger partial charge is 0.462 e. The Morgan fingerprint density at radius 2 is 1.68 bits per heavy atom. The monoisotopic (exact) mass is 468 g/mol. The van der Waals surface area contributed by atoms with Gasteiger partial charge in [-0.25, -0.2) is 0 Å². The third-order valence-corrected chi connectivity index (χ3v) is 11.9. The molecular weight excluding hydrogens is 416 g/mol. The predicted octanol–water partition coefficient (Wildman–Crippen LogP) is 9.05. The summed E-state index contributed by atoms with van der Waals surface area (Å²) in [5.41, 5.74) is 6.25. The summed E-state index contributed by atoms with van der Waals surface area (Å²) < 4.78 is 5.87. The van der Waals surface area contributed by atoms with E-state index in [9.17, 15) is 4.79 Å². The molecule has 0 N–H and O–H groups in total. The van der Waals surface area contributed by atoms with Crippen molar-refractivity contribution in [2.24, 2.45) is 39.4 Å². The van der Waals surface area contributed by atoms with Gasteiger partial charge in [0, 0.05) is 12.3 Å². The van der Waals surface area contributed by atoms with Crippen LogP contribution in [0.1, 0.15) is 127 Å². The van der Waals surface area contributed by atoms with Gasteiger partial charge in [-0.15, -0.1) is 0 Å². The van der Waals surface area contributed by atoms with Crippen molar-refractivity contribution < 1.29 is 9.53 Å². The third kappa shape index (κ3) is 3.85. The number of carbonyl (C=O) groups excluding carboxylic acids is 1. The van der Waals surface area contributed by atoms with Crippen LogP contribution < -0.4 is 0 Å². The molecule has 192 valence electrons. The Balaban J connectivity index is 1.63. The zero-order valence-electron chi connectivity index (χ0n) is 23.8. The maximum absolute atomic E-state index is 11.8. The summed E-state index contributed by atoms with van der Waals surface area (Å²) in [5.74, 6) is 2.13. The van der Waals surface area contributed by atoms with Gasteiger partial charge in [-0.2, -0.15) is 0 Å². The smallest absolute Gasteiger partial charge is 0.302 e. The number of hydrogen-bond donors (Lipinski definition) is 0. The van der Waals surface area contributed by atoms with Gasteiger partial charge in [-0.3, -0.25) is 4.79 Å². The van der Waals surface area contributed by atoms with E-state index in [1.54, 1.807) is 6.92 Å². The molecule has 0 aromatic heterocycles. The standard InChI is InChI=1S/C32H52O2/c1-21(2)11-10-12-22(3)24-15-19-32(9)26-13-14-27-29(5,6)28(34-23(4)33)17-18-30(27,7)25(26)16-20-31(24,32)8/h11,22,24,27-28H,10,12-20H2,1-9H3/t22-,24-,27+,28+,30-,31+,32-/m1/s1. The highest BCUT2D eigenvalue weighted by atomic mass is 16.5. The molecule has 0 bridgehead atoms. The lowest BCUT2D eigenvalue weighted by molar-refractivity contribution is -0.167. The van der Waals surface area contributed by atoms with Crippen molar-refractivity contribution in [2.45, 2.75) is 133 Å². The molecule has 0 amide bonds. The van der Waals surface area contributed by atoms with E-state index in [1.165, 1.54) is 63.4 Å². The average Bonchev–Trinajstić information content (AvgIpc) is 3.01. The summed E-state index contributed by atoms with van der Waals surface area (Å²) in [7, 11) is 0. The molecule has 0 unspecified atom stereocenters. The van der Waals surface area contributed by atoms with Crippen molar-refractivity contribution in [3.05, 3.63) is 22.8 Å². The second kappa shape index (κ2) is 8.81. The lowest BCUT2D eigenvalue weighted by Crippen LogP contribution is -2.55. The third-order valence-electron chi connectivity index (χ3n) is 11.9. The highest BCUT2D eigenvalue weighted by Crippen LogP contribution is 2.72. The Hall–Kier alpha value is -1.05. The number of ether oxygens (including phenoxy) is 1. The van der Waals surface area contributed by atoms with Crippen molar-refractivity contribution in [1.29, 1.82) is 0 Å². The summed E-state index contributed by atoms with van der Waals surface area (Å²) in [5, 5.41) is 0. The highest BCUT2D eigenvalue weighted by Gasteiger charge is 2.63. The fourth-order valence-electron chi connectivity index (χ4n) is 9.86. The number of carbonyl (C=O) groups is 1.